The van der Waals surface area contributed by atoms with Crippen molar-refractivity contribution in [3.8, 4) is 11.8 Å². The normalized spacial score (nSPS) is 9.53. The lowest BCUT2D eigenvalue weighted by molar-refractivity contribution is -0.113. The van der Waals surface area contributed by atoms with E-state index in [-0.39, 0.29) is 5.78 Å². The summed E-state index contributed by atoms with van der Waals surface area (Å²) >= 11 is 0. The lowest BCUT2D eigenvalue weighted by Gasteiger charge is -1.94. The fourth-order valence-corrected chi connectivity index (χ4v) is 1.55. The van der Waals surface area contributed by atoms with Gasteiger partial charge < -0.3 is 0 Å². The van der Waals surface area contributed by atoms with Crippen LogP contribution in [0.4, 0.5) is 0 Å². The summed E-state index contributed by atoms with van der Waals surface area (Å²) in [7, 11) is 0. The number of carbonyl (C=O) groups is 1. The smallest absolute Gasteiger partial charge is 0.205 e. The first-order chi connectivity index (χ1) is 8.22. The van der Waals surface area contributed by atoms with Gasteiger partial charge in [0.2, 0.25) is 5.78 Å². The maximum atomic E-state index is 11.5. The Labute approximate surface area is 104 Å². The molecule has 0 N–H and O–H groups in total. The van der Waals surface area contributed by atoms with Gasteiger partial charge in [-0.1, -0.05) is 49.8 Å². The van der Waals surface area contributed by atoms with Crippen molar-refractivity contribution in [1.29, 1.82) is 0 Å². The second kappa shape index (κ2) is 7.68. The summed E-state index contributed by atoms with van der Waals surface area (Å²) in [6, 6.07) is 7.92. The second-order valence-electron chi connectivity index (χ2n) is 4.35. The summed E-state index contributed by atoms with van der Waals surface area (Å²) in [6.45, 7) is 4.20. The maximum Gasteiger partial charge on any atom is 0.205 e. The molecule has 17 heavy (non-hydrogen) atoms. The summed E-state index contributed by atoms with van der Waals surface area (Å²) in [5, 5.41) is 0. The van der Waals surface area contributed by atoms with Gasteiger partial charge in [0.1, 0.15) is 0 Å². The predicted octanol–water partition coefficient (Wildman–Crippen LogP) is 3.89. The Hall–Kier alpha value is -1.55. The van der Waals surface area contributed by atoms with Crippen LogP contribution in [-0.4, -0.2) is 5.78 Å². The van der Waals surface area contributed by atoms with Crippen molar-refractivity contribution in [2.45, 2.75) is 46.0 Å². The summed E-state index contributed by atoms with van der Waals surface area (Å²) in [4.78, 5) is 11.5. The van der Waals surface area contributed by atoms with Gasteiger partial charge in [0.15, 0.2) is 0 Å². The van der Waals surface area contributed by atoms with E-state index in [1.807, 2.05) is 31.2 Å². The predicted molar refractivity (Wildman–Crippen MR) is 71.8 cm³/mol. The van der Waals surface area contributed by atoms with Gasteiger partial charge in [0.05, 0.1) is 0 Å². The Morgan fingerprint density at radius 3 is 2.47 bits per heavy atom. The van der Waals surface area contributed by atoms with Crippen molar-refractivity contribution in [2.75, 3.05) is 0 Å². The molecule has 0 amide bonds. The van der Waals surface area contributed by atoms with Gasteiger partial charge >= 0.3 is 0 Å². The lowest BCUT2D eigenvalue weighted by atomic mass is 10.1. The largest absolute Gasteiger partial charge is 0.285 e. The van der Waals surface area contributed by atoms with Crippen molar-refractivity contribution in [2.24, 2.45) is 0 Å². The molecule has 0 saturated heterocycles. The van der Waals surface area contributed by atoms with Gasteiger partial charge in [-0.2, -0.15) is 0 Å². The molecule has 0 spiro atoms. The molecule has 0 atom stereocenters. The zero-order chi connectivity index (χ0) is 12.5. The first-order valence-electron chi connectivity index (χ1n) is 6.34. The molecule has 0 aliphatic rings. The highest BCUT2D eigenvalue weighted by molar-refractivity contribution is 5.95. The van der Waals surface area contributed by atoms with E-state index in [1.54, 1.807) is 0 Å². The number of rotatable bonds is 5. The number of unbranched alkanes of at least 4 members (excludes halogenated alkanes) is 3. The van der Waals surface area contributed by atoms with Gasteiger partial charge in [-0.05, 0) is 31.4 Å². The minimum absolute atomic E-state index is 0.0571. The molecular weight excluding hydrogens is 208 g/mol. The zero-order valence-electron chi connectivity index (χ0n) is 10.8. The van der Waals surface area contributed by atoms with E-state index < -0.39 is 0 Å². The van der Waals surface area contributed by atoms with Crippen LogP contribution in [0.25, 0.3) is 0 Å². The third-order valence-electron chi connectivity index (χ3n) is 2.66. The van der Waals surface area contributed by atoms with Gasteiger partial charge in [0, 0.05) is 12.0 Å². The maximum absolute atomic E-state index is 11.5. The van der Waals surface area contributed by atoms with Crippen molar-refractivity contribution < 1.29 is 4.79 Å². The molecule has 1 aromatic rings. The molecule has 0 bridgehead atoms. The first-order valence-corrected chi connectivity index (χ1v) is 6.34. The fourth-order valence-electron chi connectivity index (χ4n) is 1.55. The Bertz CT molecular complexity index is 403. The molecule has 1 nitrogen and oxygen atoms in total. The number of hydrogen-bond acceptors (Lipinski definition) is 1. The zero-order valence-corrected chi connectivity index (χ0v) is 10.8. The van der Waals surface area contributed by atoms with Gasteiger partial charge in [-0.3, -0.25) is 4.79 Å². The van der Waals surface area contributed by atoms with Crippen LogP contribution in [0.3, 0.4) is 0 Å². The molecule has 1 heteroatoms. The molecule has 90 valence electrons. The molecular formula is C16H20O. The van der Waals surface area contributed by atoms with Gasteiger partial charge in [-0.15, -0.1) is 0 Å². The number of hydrogen-bond donors (Lipinski definition) is 0. The monoisotopic (exact) mass is 228 g/mol. The van der Waals surface area contributed by atoms with Crippen LogP contribution in [0.5, 0.6) is 0 Å². The van der Waals surface area contributed by atoms with Crippen LogP contribution >= 0.6 is 0 Å². The number of aryl methyl sites for hydroxylation is 1. The molecule has 0 saturated carbocycles. The van der Waals surface area contributed by atoms with Gasteiger partial charge in [-0.25, -0.2) is 0 Å². The first kappa shape index (κ1) is 13.5. The highest BCUT2D eigenvalue weighted by atomic mass is 16.1. The van der Waals surface area contributed by atoms with Crippen LogP contribution in [-0.2, 0) is 4.79 Å². The van der Waals surface area contributed by atoms with Gasteiger partial charge in [0.25, 0.3) is 0 Å². The molecule has 0 fully saturated rings. The summed E-state index contributed by atoms with van der Waals surface area (Å²) in [5.41, 5.74) is 2.12. The molecule has 0 aliphatic heterocycles. The molecule has 1 aromatic carbocycles. The number of Topliss-reactive ketones (excluding diaryl/α,β-unsaturated/α-hetero) is 1. The van der Waals surface area contributed by atoms with E-state index >= 15 is 0 Å². The number of ketones is 1. The van der Waals surface area contributed by atoms with E-state index in [2.05, 4.69) is 18.8 Å². The van der Waals surface area contributed by atoms with E-state index in [1.165, 1.54) is 18.4 Å². The van der Waals surface area contributed by atoms with Crippen LogP contribution in [0.1, 0.15) is 50.2 Å². The van der Waals surface area contributed by atoms with E-state index in [4.69, 9.17) is 0 Å². The molecule has 0 radical (unpaired) electrons. The Morgan fingerprint density at radius 1 is 1.12 bits per heavy atom. The van der Waals surface area contributed by atoms with Crippen LogP contribution in [0, 0.1) is 18.8 Å². The summed E-state index contributed by atoms with van der Waals surface area (Å²) < 4.78 is 0. The molecule has 0 heterocycles. The van der Waals surface area contributed by atoms with Crippen LogP contribution in [0.15, 0.2) is 24.3 Å². The number of carbonyl (C=O) groups excluding carboxylic acids is 1. The Morgan fingerprint density at radius 2 is 1.82 bits per heavy atom. The SMILES string of the molecule is CCCCCCC(=O)C#Cc1ccc(C)cc1. The highest BCUT2D eigenvalue weighted by Gasteiger charge is 1.96. The van der Waals surface area contributed by atoms with E-state index in [9.17, 15) is 4.79 Å². The third kappa shape index (κ3) is 5.92. The van der Waals surface area contributed by atoms with Crippen LogP contribution in [0.2, 0.25) is 0 Å². The fraction of sp³-hybridized carbons (Fsp3) is 0.438. The van der Waals surface area contributed by atoms with Crippen LogP contribution < -0.4 is 0 Å². The average Bonchev–Trinajstić information content (AvgIpc) is 2.34. The average molecular weight is 228 g/mol. The molecule has 1 rings (SSSR count). The highest BCUT2D eigenvalue weighted by Crippen LogP contribution is 2.03. The quantitative estimate of drug-likeness (QED) is 0.552. The van der Waals surface area contributed by atoms with E-state index in [0.717, 1.165) is 18.4 Å². The Kier molecular flexibility index (Phi) is 6.10. The topological polar surface area (TPSA) is 17.1 Å². The van der Waals surface area contributed by atoms with Crippen molar-refractivity contribution in [1.82, 2.24) is 0 Å². The second-order valence-corrected chi connectivity index (χ2v) is 4.35. The van der Waals surface area contributed by atoms with Crippen molar-refractivity contribution in [3.63, 3.8) is 0 Å². The van der Waals surface area contributed by atoms with E-state index in [0.29, 0.717) is 6.42 Å². The molecule has 0 unspecified atom stereocenters. The van der Waals surface area contributed by atoms with Crippen molar-refractivity contribution in [3.05, 3.63) is 35.4 Å². The molecule has 0 aromatic heterocycles. The standard InChI is InChI=1S/C16H20O/c1-3-4-5-6-7-16(17)13-12-15-10-8-14(2)9-11-15/h8-11H,3-7H2,1-2H3. The summed E-state index contributed by atoms with van der Waals surface area (Å²) in [6.07, 6.45) is 5.10. The lowest BCUT2D eigenvalue weighted by Crippen LogP contribution is -1.93. The third-order valence-corrected chi connectivity index (χ3v) is 2.66. The Balaban J connectivity index is 2.38. The summed E-state index contributed by atoms with van der Waals surface area (Å²) in [5.74, 6) is 5.68. The van der Waals surface area contributed by atoms with Crippen molar-refractivity contribution >= 4 is 5.78 Å². The minimum atomic E-state index is 0.0571. The number of benzene rings is 1. The minimum Gasteiger partial charge on any atom is -0.285 e. The molecule has 0 aliphatic carbocycles.